The van der Waals surface area contributed by atoms with Crippen molar-refractivity contribution in [3.05, 3.63) is 57.6 Å². The molecular weight excluding hydrogens is 366 g/mol. The molecule has 0 aliphatic carbocycles. The Morgan fingerprint density at radius 2 is 2.00 bits per heavy atom. The molecule has 3 aromatic rings. The lowest BCUT2D eigenvalue weighted by molar-refractivity contribution is 0.581. The third-order valence-corrected chi connectivity index (χ3v) is 6.63. The first kappa shape index (κ1) is 17.2. The minimum atomic E-state index is -3.62. The highest BCUT2D eigenvalue weighted by molar-refractivity contribution is 7.89. The summed E-state index contributed by atoms with van der Waals surface area (Å²) in [5.74, 6) is 0. The van der Waals surface area contributed by atoms with Crippen LogP contribution in [-0.2, 0) is 16.6 Å². The summed E-state index contributed by atoms with van der Waals surface area (Å²) < 4.78 is 27.8. The molecular formula is C16H16ClN3O2S2. The van der Waals surface area contributed by atoms with E-state index in [1.54, 1.807) is 25.1 Å². The van der Waals surface area contributed by atoms with Crippen molar-refractivity contribution in [2.75, 3.05) is 0 Å². The van der Waals surface area contributed by atoms with Crippen molar-refractivity contribution in [1.29, 1.82) is 0 Å². The predicted octanol–water partition coefficient (Wildman–Crippen LogP) is 3.89. The van der Waals surface area contributed by atoms with E-state index >= 15 is 0 Å². The van der Waals surface area contributed by atoms with Gasteiger partial charge in [0.25, 0.3) is 0 Å². The van der Waals surface area contributed by atoms with E-state index in [9.17, 15) is 8.42 Å². The summed E-state index contributed by atoms with van der Waals surface area (Å²) in [4.78, 5) is 1.81. The quantitative estimate of drug-likeness (QED) is 0.704. The van der Waals surface area contributed by atoms with E-state index < -0.39 is 10.0 Å². The van der Waals surface area contributed by atoms with Crippen molar-refractivity contribution in [2.45, 2.75) is 25.3 Å². The number of thiophene rings is 1. The second-order valence-corrected chi connectivity index (χ2v) is 8.78. The summed E-state index contributed by atoms with van der Waals surface area (Å²) in [6.07, 6.45) is 0. The lowest BCUT2D eigenvalue weighted by atomic mass is 10.2. The number of H-pyrrole nitrogens is 1. The Bertz CT molecular complexity index is 977. The molecule has 0 radical (unpaired) electrons. The SMILES string of the molecule is Cc1cc(-c2cc(S(=O)(=O)NCc3ccccc3Cl)c(C)s2)n[nH]1. The number of rotatable bonds is 5. The van der Waals surface area contributed by atoms with Gasteiger partial charge >= 0.3 is 0 Å². The summed E-state index contributed by atoms with van der Waals surface area (Å²) in [6.45, 7) is 3.84. The molecule has 3 rings (SSSR count). The standard InChI is InChI=1S/C16H16ClN3O2S2/c1-10-7-14(20-19-10)15-8-16(11(2)23-15)24(21,22)18-9-12-5-3-4-6-13(12)17/h3-8,18H,9H2,1-2H3,(H,19,20). The molecule has 0 unspecified atom stereocenters. The Hall–Kier alpha value is -1.67. The van der Waals surface area contributed by atoms with Gasteiger partial charge in [-0.1, -0.05) is 29.8 Å². The second-order valence-electron chi connectivity index (χ2n) is 5.38. The highest BCUT2D eigenvalue weighted by atomic mass is 35.5. The molecule has 1 aromatic carbocycles. The Balaban J connectivity index is 1.85. The third-order valence-electron chi connectivity index (χ3n) is 3.53. The molecule has 0 atom stereocenters. The molecule has 0 aliphatic rings. The second kappa shape index (κ2) is 6.68. The maximum absolute atomic E-state index is 12.6. The van der Waals surface area contributed by atoms with Gasteiger partial charge in [-0.05, 0) is 37.6 Å². The van der Waals surface area contributed by atoms with Crippen LogP contribution in [0.1, 0.15) is 16.1 Å². The molecule has 0 saturated heterocycles. The molecule has 2 N–H and O–H groups in total. The molecule has 0 saturated carbocycles. The van der Waals surface area contributed by atoms with Crippen molar-refractivity contribution in [2.24, 2.45) is 0 Å². The van der Waals surface area contributed by atoms with Gasteiger partial charge in [0.1, 0.15) is 5.69 Å². The van der Waals surface area contributed by atoms with Crippen LogP contribution >= 0.6 is 22.9 Å². The lowest BCUT2D eigenvalue weighted by Gasteiger charge is -2.07. The first-order valence-corrected chi connectivity index (χ1v) is 9.90. The number of aromatic nitrogens is 2. The van der Waals surface area contributed by atoms with Crippen LogP contribution in [0.4, 0.5) is 0 Å². The number of nitrogens with zero attached hydrogens (tertiary/aromatic N) is 1. The normalized spacial score (nSPS) is 11.8. The van der Waals surface area contributed by atoms with Gasteiger partial charge in [0.15, 0.2) is 0 Å². The van der Waals surface area contributed by atoms with Crippen LogP contribution in [0.15, 0.2) is 41.3 Å². The number of halogens is 1. The summed E-state index contributed by atoms with van der Waals surface area (Å²) in [7, 11) is -3.62. The van der Waals surface area contributed by atoms with Gasteiger partial charge in [0, 0.05) is 22.1 Å². The number of hydrogen-bond donors (Lipinski definition) is 2. The number of nitrogens with one attached hydrogen (secondary N) is 2. The smallest absolute Gasteiger partial charge is 0.241 e. The largest absolute Gasteiger partial charge is 0.282 e. The minimum Gasteiger partial charge on any atom is -0.282 e. The molecule has 0 aliphatic heterocycles. The molecule has 0 fully saturated rings. The molecule has 2 aromatic heterocycles. The van der Waals surface area contributed by atoms with Crippen LogP contribution in [0, 0.1) is 13.8 Å². The number of sulfonamides is 1. The average molecular weight is 382 g/mol. The minimum absolute atomic E-state index is 0.147. The maximum Gasteiger partial charge on any atom is 0.241 e. The van der Waals surface area contributed by atoms with Crippen molar-refractivity contribution in [3.63, 3.8) is 0 Å². The highest BCUT2D eigenvalue weighted by Gasteiger charge is 2.21. The van der Waals surface area contributed by atoms with Crippen LogP contribution in [0.3, 0.4) is 0 Å². The Morgan fingerprint density at radius 1 is 1.25 bits per heavy atom. The van der Waals surface area contributed by atoms with Crippen LogP contribution in [-0.4, -0.2) is 18.6 Å². The zero-order valence-corrected chi connectivity index (χ0v) is 15.5. The highest BCUT2D eigenvalue weighted by Crippen LogP contribution is 2.32. The van der Waals surface area contributed by atoms with E-state index in [1.165, 1.54) is 11.3 Å². The Labute approximate surface area is 149 Å². The summed E-state index contributed by atoms with van der Waals surface area (Å²) >= 11 is 7.48. The van der Waals surface area contributed by atoms with E-state index in [4.69, 9.17) is 11.6 Å². The molecule has 0 spiro atoms. The van der Waals surface area contributed by atoms with Gasteiger partial charge in [-0.25, -0.2) is 13.1 Å². The molecule has 0 amide bonds. The lowest BCUT2D eigenvalue weighted by Crippen LogP contribution is -2.23. The number of benzene rings is 1. The summed E-state index contributed by atoms with van der Waals surface area (Å²) in [6, 6.07) is 10.7. The average Bonchev–Trinajstić information content (AvgIpc) is 3.13. The van der Waals surface area contributed by atoms with Crippen molar-refractivity contribution < 1.29 is 8.42 Å². The zero-order valence-electron chi connectivity index (χ0n) is 13.1. The summed E-state index contributed by atoms with van der Waals surface area (Å²) in [5, 5.41) is 7.58. The van der Waals surface area contributed by atoms with E-state index in [0.29, 0.717) is 5.02 Å². The van der Waals surface area contributed by atoms with E-state index in [1.807, 2.05) is 25.1 Å². The molecule has 126 valence electrons. The van der Waals surface area contributed by atoms with Gasteiger partial charge in [-0.2, -0.15) is 5.10 Å². The van der Waals surface area contributed by atoms with E-state index in [0.717, 1.165) is 26.7 Å². The fourth-order valence-corrected chi connectivity index (χ4v) is 5.05. The first-order chi connectivity index (χ1) is 11.4. The van der Waals surface area contributed by atoms with Gasteiger partial charge in [-0.15, -0.1) is 11.3 Å². The molecule has 24 heavy (non-hydrogen) atoms. The summed E-state index contributed by atoms with van der Waals surface area (Å²) in [5.41, 5.74) is 2.41. The predicted molar refractivity (Wildman–Crippen MR) is 96.9 cm³/mol. The Morgan fingerprint density at radius 3 is 2.67 bits per heavy atom. The van der Waals surface area contributed by atoms with Crippen LogP contribution in [0.25, 0.3) is 10.6 Å². The van der Waals surface area contributed by atoms with Crippen LogP contribution in [0.2, 0.25) is 5.02 Å². The van der Waals surface area contributed by atoms with E-state index in [2.05, 4.69) is 14.9 Å². The number of hydrogen-bond acceptors (Lipinski definition) is 4. The first-order valence-electron chi connectivity index (χ1n) is 7.23. The van der Waals surface area contributed by atoms with Crippen molar-refractivity contribution in [1.82, 2.24) is 14.9 Å². The topological polar surface area (TPSA) is 74.8 Å². The van der Waals surface area contributed by atoms with Crippen molar-refractivity contribution >= 4 is 33.0 Å². The fraction of sp³-hybridized carbons (Fsp3) is 0.188. The zero-order chi connectivity index (χ0) is 17.3. The van der Waals surface area contributed by atoms with Gasteiger partial charge < -0.3 is 0 Å². The van der Waals surface area contributed by atoms with Crippen molar-refractivity contribution in [3.8, 4) is 10.6 Å². The van der Waals surface area contributed by atoms with Gasteiger partial charge in [0.2, 0.25) is 10.0 Å². The maximum atomic E-state index is 12.6. The van der Waals surface area contributed by atoms with Crippen LogP contribution in [0.5, 0.6) is 0 Å². The Kier molecular flexibility index (Phi) is 4.78. The number of aryl methyl sites for hydroxylation is 2. The van der Waals surface area contributed by atoms with Gasteiger partial charge in [0.05, 0.1) is 9.77 Å². The third kappa shape index (κ3) is 3.54. The molecule has 8 heteroatoms. The molecule has 0 bridgehead atoms. The number of aromatic amines is 1. The van der Waals surface area contributed by atoms with Crippen LogP contribution < -0.4 is 4.72 Å². The fourth-order valence-electron chi connectivity index (χ4n) is 2.29. The van der Waals surface area contributed by atoms with Gasteiger partial charge in [-0.3, -0.25) is 5.10 Å². The molecule has 5 nitrogen and oxygen atoms in total. The molecule has 2 heterocycles. The monoisotopic (exact) mass is 381 g/mol. The van der Waals surface area contributed by atoms with E-state index in [-0.39, 0.29) is 11.4 Å².